The number of anilines is 1. The molecule has 28 heavy (non-hydrogen) atoms. The fraction of sp³-hybridized carbons (Fsp3) is 0.235. The van der Waals surface area contributed by atoms with Crippen LogP contribution in [0.25, 0.3) is 0 Å². The Morgan fingerprint density at radius 3 is 2.07 bits per heavy atom. The average Bonchev–Trinajstić information content (AvgIpc) is 2.60. The highest BCUT2D eigenvalue weighted by Gasteiger charge is 2.20. The van der Waals surface area contributed by atoms with Crippen molar-refractivity contribution in [3.05, 3.63) is 48.0 Å². The van der Waals surface area contributed by atoms with Gasteiger partial charge in [0, 0.05) is 11.7 Å². The third-order valence-corrected chi connectivity index (χ3v) is 6.54. The number of carbonyl (C=O) groups is 1. The van der Waals surface area contributed by atoms with Crippen LogP contribution in [0, 0.1) is 0 Å². The van der Waals surface area contributed by atoms with Crippen molar-refractivity contribution in [3.8, 4) is 5.75 Å². The number of esters is 1. The molecule has 3 N–H and O–H groups in total. The Morgan fingerprint density at radius 2 is 1.54 bits per heavy atom. The number of phenols is 1. The van der Waals surface area contributed by atoms with Gasteiger partial charge in [-0.15, -0.1) is 0 Å². The minimum absolute atomic E-state index is 0.0123. The number of hydrogen-bond acceptors (Lipinski definition) is 7. The van der Waals surface area contributed by atoms with Gasteiger partial charge in [-0.1, -0.05) is 0 Å². The molecule has 11 heteroatoms. The summed E-state index contributed by atoms with van der Waals surface area (Å²) >= 11 is 0. The van der Waals surface area contributed by atoms with Crippen molar-refractivity contribution in [2.24, 2.45) is 0 Å². The van der Waals surface area contributed by atoms with Gasteiger partial charge in [-0.05, 0) is 56.3 Å². The van der Waals surface area contributed by atoms with Crippen LogP contribution in [0.3, 0.4) is 0 Å². The summed E-state index contributed by atoms with van der Waals surface area (Å²) in [6.07, 6.45) is 0. The Labute approximate surface area is 163 Å². The zero-order valence-electron chi connectivity index (χ0n) is 15.3. The summed E-state index contributed by atoms with van der Waals surface area (Å²) < 4.78 is 58.5. The maximum Gasteiger partial charge on any atom is 0.341 e. The SMILES string of the molecule is COC(=O)c1cc(S(=O)(=O)Nc2ccc(S(=O)(=O)NC(C)C)cc2)ccc1O. The predicted octanol–water partition coefficient (Wildman–Crippen LogP) is 1.67. The van der Waals surface area contributed by atoms with Gasteiger partial charge in [-0.2, -0.15) is 0 Å². The van der Waals surface area contributed by atoms with Crippen molar-refractivity contribution in [2.75, 3.05) is 11.8 Å². The number of aromatic hydroxyl groups is 1. The van der Waals surface area contributed by atoms with Gasteiger partial charge in [0.2, 0.25) is 10.0 Å². The summed E-state index contributed by atoms with van der Waals surface area (Å²) in [6.45, 7) is 3.36. The molecule has 0 saturated heterocycles. The van der Waals surface area contributed by atoms with Crippen LogP contribution in [0.4, 0.5) is 5.69 Å². The minimum atomic E-state index is -4.10. The molecule has 152 valence electrons. The fourth-order valence-electron chi connectivity index (χ4n) is 2.25. The Bertz CT molecular complexity index is 1080. The zero-order chi connectivity index (χ0) is 21.1. The third kappa shape index (κ3) is 5.00. The van der Waals surface area contributed by atoms with Gasteiger partial charge < -0.3 is 9.84 Å². The number of rotatable bonds is 7. The first kappa shape index (κ1) is 21.7. The maximum absolute atomic E-state index is 12.5. The van der Waals surface area contributed by atoms with Gasteiger partial charge in [-0.3, -0.25) is 4.72 Å². The zero-order valence-corrected chi connectivity index (χ0v) is 17.0. The number of ether oxygens (including phenoxy) is 1. The summed E-state index contributed by atoms with van der Waals surface area (Å²) in [5.41, 5.74) is -0.178. The van der Waals surface area contributed by atoms with Crippen molar-refractivity contribution in [3.63, 3.8) is 0 Å². The monoisotopic (exact) mass is 428 g/mol. The van der Waals surface area contributed by atoms with E-state index in [1.807, 2.05) is 0 Å². The molecular formula is C17H20N2O7S2. The van der Waals surface area contributed by atoms with Crippen molar-refractivity contribution in [1.29, 1.82) is 0 Å². The highest BCUT2D eigenvalue weighted by Crippen LogP contribution is 2.24. The molecule has 0 fully saturated rings. The molecule has 0 aliphatic heterocycles. The molecule has 0 amide bonds. The van der Waals surface area contributed by atoms with Gasteiger partial charge in [0.25, 0.3) is 10.0 Å². The highest BCUT2D eigenvalue weighted by molar-refractivity contribution is 7.92. The molecule has 2 rings (SSSR count). The summed E-state index contributed by atoms with van der Waals surface area (Å²) in [7, 11) is -6.69. The van der Waals surface area contributed by atoms with E-state index >= 15 is 0 Å². The number of phenolic OH excluding ortho intramolecular Hbond substituents is 1. The first-order valence-electron chi connectivity index (χ1n) is 8.03. The number of hydrogen-bond donors (Lipinski definition) is 3. The first-order valence-corrected chi connectivity index (χ1v) is 11.0. The number of methoxy groups -OCH3 is 1. The van der Waals surface area contributed by atoms with Crippen LogP contribution in [0.2, 0.25) is 0 Å². The van der Waals surface area contributed by atoms with Gasteiger partial charge in [0.15, 0.2) is 0 Å². The van der Waals surface area contributed by atoms with Gasteiger partial charge in [0.1, 0.15) is 11.3 Å². The number of sulfonamides is 2. The molecular weight excluding hydrogens is 408 g/mol. The largest absolute Gasteiger partial charge is 0.507 e. The third-order valence-electron chi connectivity index (χ3n) is 3.49. The topological polar surface area (TPSA) is 139 Å². The molecule has 0 aromatic heterocycles. The molecule has 0 saturated carbocycles. The minimum Gasteiger partial charge on any atom is -0.507 e. The molecule has 0 unspecified atom stereocenters. The molecule has 2 aromatic carbocycles. The summed E-state index contributed by atoms with van der Waals surface area (Å²) in [6, 6.07) is 8.00. The van der Waals surface area contributed by atoms with Crippen LogP contribution >= 0.6 is 0 Å². The smallest absolute Gasteiger partial charge is 0.341 e. The van der Waals surface area contributed by atoms with Gasteiger partial charge in [-0.25, -0.2) is 26.4 Å². The quantitative estimate of drug-likeness (QED) is 0.570. The first-order chi connectivity index (χ1) is 13.0. The summed E-state index contributed by atoms with van der Waals surface area (Å²) in [5, 5.41) is 9.68. The van der Waals surface area contributed by atoms with Crippen LogP contribution in [0.5, 0.6) is 5.75 Å². The van der Waals surface area contributed by atoms with E-state index in [0.717, 1.165) is 25.3 Å². The Hall–Kier alpha value is -2.63. The van der Waals surface area contributed by atoms with Crippen LogP contribution < -0.4 is 9.44 Å². The van der Waals surface area contributed by atoms with Crippen LogP contribution in [-0.2, 0) is 24.8 Å². The van der Waals surface area contributed by atoms with E-state index in [1.54, 1.807) is 13.8 Å². The van der Waals surface area contributed by atoms with E-state index in [2.05, 4.69) is 14.2 Å². The molecule has 0 bridgehead atoms. The second kappa shape index (κ2) is 8.17. The summed E-state index contributed by atoms with van der Waals surface area (Å²) in [4.78, 5) is 11.3. The van der Waals surface area contributed by atoms with Gasteiger partial charge >= 0.3 is 5.97 Å². The Morgan fingerprint density at radius 1 is 0.964 bits per heavy atom. The number of carbonyl (C=O) groups excluding carboxylic acids is 1. The number of nitrogens with one attached hydrogen (secondary N) is 2. The lowest BCUT2D eigenvalue weighted by atomic mass is 10.2. The molecule has 0 aliphatic carbocycles. The van der Waals surface area contributed by atoms with Crippen molar-refractivity contribution < 1.29 is 31.5 Å². The highest BCUT2D eigenvalue weighted by atomic mass is 32.2. The van der Waals surface area contributed by atoms with E-state index < -0.39 is 31.8 Å². The molecule has 9 nitrogen and oxygen atoms in total. The van der Waals surface area contributed by atoms with Crippen molar-refractivity contribution in [1.82, 2.24) is 4.72 Å². The molecule has 0 atom stereocenters. The molecule has 2 aromatic rings. The van der Waals surface area contributed by atoms with E-state index in [4.69, 9.17) is 0 Å². The van der Waals surface area contributed by atoms with Crippen LogP contribution in [-0.4, -0.2) is 41.1 Å². The van der Waals surface area contributed by atoms with Crippen LogP contribution in [0.15, 0.2) is 52.3 Å². The Kier molecular flexibility index (Phi) is 6.32. The van der Waals surface area contributed by atoms with E-state index in [9.17, 15) is 26.7 Å². The normalized spacial score (nSPS) is 12.0. The lowest BCUT2D eigenvalue weighted by Crippen LogP contribution is -2.30. The second-order valence-corrected chi connectivity index (χ2v) is 9.47. The Balaban J connectivity index is 2.29. The maximum atomic E-state index is 12.5. The van der Waals surface area contributed by atoms with Crippen LogP contribution in [0.1, 0.15) is 24.2 Å². The van der Waals surface area contributed by atoms with Gasteiger partial charge in [0.05, 0.1) is 16.9 Å². The van der Waals surface area contributed by atoms with Crippen molar-refractivity contribution in [2.45, 2.75) is 29.7 Å². The van der Waals surface area contributed by atoms with E-state index in [0.29, 0.717) is 0 Å². The predicted molar refractivity (Wildman–Crippen MR) is 102 cm³/mol. The van der Waals surface area contributed by atoms with E-state index in [1.165, 1.54) is 24.3 Å². The molecule has 0 heterocycles. The lowest BCUT2D eigenvalue weighted by Gasteiger charge is -2.12. The molecule has 0 spiro atoms. The average molecular weight is 428 g/mol. The standard InChI is InChI=1S/C17H20N2O7S2/c1-11(2)18-27(22,23)13-6-4-12(5-7-13)19-28(24,25)14-8-9-16(20)15(10-14)17(21)26-3/h4-11,18-20H,1-3H3. The number of benzene rings is 2. The summed E-state index contributed by atoms with van der Waals surface area (Å²) in [5.74, 6) is -1.31. The van der Waals surface area contributed by atoms with E-state index in [-0.39, 0.29) is 27.1 Å². The lowest BCUT2D eigenvalue weighted by molar-refractivity contribution is 0.0597. The molecule has 0 radical (unpaired) electrons. The second-order valence-electron chi connectivity index (χ2n) is 6.08. The molecule has 0 aliphatic rings. The fourth-order valence-corrected chi connectivity index (χ4v) is 4.59. The van der Waals surface area contributed by atoms with Crippen molar-refractivity contribution >= 4 is 31.7 Å².